The van der Waals surface area contributed by atoms with Gasteiger partial charge in [0.15, 0.2) is 0 Å². The van der Waals surface area contributed by atoms with E-state index < -0.39 is 0 Å². The molecular weight excluding hydrogens is 174 g/mol. The highest BCUT2D eigenvalue weighted by molar-refractivity contribution is 5.87. The molecule has 2 aliphatic rings. The van der Waals surface area contributed by atoms with Crippen molar-refractivity contribution in [3.8, 4) is 0 Å². The van der Waals surface area contributed by atoms with Gasteiger partial charge in [0.2, 0.25) is 5.91 Å². The molecule has 2 nitrogen and oxygen atoms in total. The zero-order valence-electron chi connectivity index (χ0n) is 8.88. The standard InChI is InChI=1S/C12H19NO/c1-3-11(14)13-9(2)12-7-5-4-6-10(12)8-12/h3,9-10H,1,4-8H2,2H3,(H,13,14). The van der Waals surface area contributed by atoms with Gasteiger partial charge in [-0.1, -0.05) is 19.4 Å². The summed E-state index contributed by atoms with van der Waals surface area (Å²) in [5.41, 5.74) is 0.455. The Hall–Kier alpha value is -0.790. The summed E-state index contributed by atoms with van der Waals surface area (Å²) >= 11 is 0. The van der Waals surface area contributed by atoms with Crippen LogP contribution in [0.4, 0.5) is 0 Å². The van der Waals surface area contributed by atoms with E-state index in [4.69, 9.17) is 0 Å². The lowest BCUT2D eigenvalue weighted by Gasteiger charge is -2.28. The molecule has 2 aliphatic carbocycles. The highest BCUT2D eigenvalue weighted by atomic mass is 16.1. The maximum absolute atomic E-state index is 11.2. The zero-order chi connectivity index (χ0) is 10.2. The fourth-order valence-corrected chi connectivity index (χ4v) is 3.10. The summed E-state index contributed by atoms with van der Waals surface area (Å²) in [5, 5.41) is 3.02. The van der Waals surface area contributed by atoms with Crippen molar-refractivity contribution >= 4 is 5.91 Å². The molecule has 78 valence electrons. The van der Waals surface area contributed by atoms with Gasteiger partial charge in [-0.2, -0.15) is 0 Å². The zero-order valence-corrected chi connectivity index (χ0v) is 8.88. The topological polar surface area (TPSA) is 29.1 Å². The monoisotopic (exact) mass is 193 g/mol. The molecule has 14 heavy (non-hydrogen) atoms. The van der Waals surface area contributed by atoms with E-state index in [1.807, 2.05) is 0 Å². The van der Waals surface area contributed by atoms with E-state index in [1.165, 1.54) is 38.2 Å². The highest BCUT2D eigenvalue weighted by Crippen LogP contribution is 2.63. The molecule has 2 rings (SSSR count). The van der Waals surface area contributed by atoms with Crippen LogP contribution in [0.2, 0.25) is 0 Å². The van der Waals surface area contributed by atoms with Gasteiger partial charge < -0.3 is 5.32 Å². The van der Waals surface area contributed by atoms with Crippen molar-refractivity contribution in [2.75, 3.05) is 0 Å². The van der Waals surface area contributed by atoms with Crippen molar-refractivity contribution < 1.29 is 4.79 Å². The maximum atomic E-state index is 11.2. The van der Waals surface area contributed by atoms with Crippen LogP contribution in [0, 0.1) is 11.3 Å². The number of hydrogen-bond acceptors (Lipinski definition) is 1. The SMILES string of the molecule is C=CC(=O)NC(C)C12CCCCC1C2. The van der Waals surface area contributed by atoms with Crippen LogP contribution in [0.5, 0.6) is 0 Å². The van der Waals surface area contributed by atoms with Crippen LogP contribution >= 0.6 is 0 Å². The number of nitrogens with one attached hydrogen (secondary N) is 1. The van der Waals surface area contributed by atoms with Gasteiger partial charge in [0, 0.05) is 6.04 Å². The number of carbonyl (C=O) groups excluding carboxylic acids is 1. The van der Waals surface area contributed by atoms with E-state index in [0.29, 0.717) is 11.5 Å². The largest absolute Gasteiger partial charge is 0.350 e. The van der Waals surface area contributed by atoms with Gasteiger partial charge in [0.1, 0.15) is 0 Å². The number of carbonyl (C=O) groups is 1. The highest BCUT2D eigenvalue weighted by Gasteiger charge is 2.57. The normalized spacial score (nSPS) is 36.8. The van der Waals surface area contributed by atoms with Gasteiger partial charge in [-0.3, -0.25) is 4.79 Å². The van der Waals surface area contributed by atoms with Crippen molar-refractivity contribution in [1.29, 1.82) is 0 Å². The predicted octanol–water partition coefficient (Wildman–Crippen LogP) is 2.26. The second-order valence-electron chi connectivity index (χ2n) is 4.81. The van der Waals surface area contributed by atoms with E-state index in [2.05, 4.69) is 18.8 Å². The molecule has 0 aromatic heterocycles. The van der Waals surface area contributed by atoms with Crippen molar-refractivity contribution in [3.63, 3.8) is 0 Å². The van der Waals surface area contributed by atoms with E-state index in [0.717, 1.165) is 5.92 Å². The van der Waals surface area contributed by atoms with Crippen LogP contribution in [0.1, 0.15) is 39.0 Å². The Balaban J connectivity index is 1.94. The van der Waals surface area contributed by atoms with Gasteiger partial charge >= 0.3 is 0 Å². The Morgan fingerprint density at radius 3 is 3.07 bits per heavy atom. The van der Waals surface area contributed by atoms with Crippen LogP contribution in [0.15, 0.2) is 12.7 Å². The molecule has 1 amide bonds. The molecule has 1 N–H and O–H groups in total. The molecule has 3 atom stereocenters. The lowest BCUT2D eigenvalue weighted by atomic mass is 9.83. The van der Waals surface area contributed by atoms with Crippen molar-refractivity contribution in [2.24, 2.45) is 11.3 Å². The van der Waals surface area contributed by atoms with Crippen LogP contribution in [-0.4, -0.2) is 11.9 Å². The molecule has 0 bridgehead atoms. The predicted molar refractivity (Wildman–Crippen MR) is 56.8 cm³/mol. The molecule has 2 heteroatoms. The summed E-state index contributed by atoms with van der Waals surface area (Å²) < 4.78 is 0. The maximum Gasteiger partial charge on any atom is 0.243 e. The summed E-state index contributed by atoms with van der Waals surface area (Å²) in [6, 6.07) is 0.332. The minimum atomic E-state index is -0.0249. The third-order valence-electron chi connectivity index (χ3n) is 4.13. The van der Waals surface area contributed by atoms with Crippen LogP contribution in [0.25, 0.3) is 0 Å². The summed E-state index contributed by atoms with van der Waals surface area (Å²) in [6.45, 7) is 5.63. The third kappa shape index (κ3) is 1.47. The van der Waals surface area contributed by atoms with Crippen molar-refractivity contribution in [2.45, 2.75) is 45.1 Å². The molecule has 0 aromatic carbocycles. The third-order valence-corrected chi connectivity index (χ3v) is 4.13. The Kier molecular flexibility index (Phi) is 2.38. The first-order valence-corrected chi connectivity index (χ1v) is 5.62. The lowest BCUT2D eigenvalue weighted by molar-refractivity contribution is -0.117. The van der Waals surface area contributed by atoms with Gasteiger partial charge in [0.25, 0.3) is 0 Å². The summed E-state index contributed by atoms with van der Waals surface area (Å²) in [6.07, 6.45) is 8.09. The van der Waals surface area contributed by atoms with E-state index in [9.17, 15) is 4.79 Å². The van der Waals surface area contributed by atoms with E-state index in [-0.39, 0.29) is 5.91 Å². The van der Waals surface area contributed by atoms with Gasteiger partial charge in [-0.05, 0) is 43.6 Å². The summed E-state index contributed by atoms with van der Waals surface area (Å²) in [4.78, 5) is 11.2. The fourth-order valence-electron chi connectivity index (χ4n) is 3.10. The molecule has 3 unspecified atom stereocenters. The van der Waals surface area contributed by atoms with Gasteiger partial charge in [-0.25, -0.2) is 0 Å². The quantitative estimate of drug-likeness (QED) is 0.684. The molecular formula is C12H19NO. The van der Waals surface area contributed by atoms with Gasteiger partial charge in [0.05, 0.1) is 0 Å². The van der Waals surface area contributed by atoms with E-state index in [1.54, 1.807) is 0 Å². The van der Waals surface area contributed by atoms with E-state index >= 15 is 0 Å². The average molecular weight is 193 g/mol. The molecule has 0 saturated heterocycles. The number of hydrogen-bond donors (Lipinski definition) is 1. The van der Waals surface area contributed by atoms with Crippen molar-refractivity contribution in [3.05, 3.63) is 12.7 Å². The molecule has 0 aromatic rings. The first-order chi connectivity index (χ1) is 6.69. The Morgan fingerprint density at radius 1 is 1.64 bits per heavy atom. The smallest absolute Gasteiger partial charge is 0.243 e. The summed E-state index contributed by atoms with van der Waals surface area (Å²) in [5.74, 6) is 0.861. The fraction of sp³-hybridized carbons (Fsp3) is 0.750. The molecule has 2 fully saturated rings. The number of fused-ring (bicyclic) bond motifs is 1. The molecule has 0 aliphatic heterocycles. The Labute approximate surface area is 85.8 Å². The second-order valence-corrected chi connectivity index (χ2v) is 4.81. The Bertz CT molecular complexity index is 261. The minimum absolute atomic E-state index is 0.0249. The second kappa shape index (κ2) is 3.41. The molecule has 0 radical (unpaired) electrons. The minimum Gasteiger partial charge on any atom is -0.350 e. The lowest BCUT2D eigenvalue weighted by Crippen LogP contribution is -2.40. The summed E-state index contributed by atoms with van der Waals surface area (Å²) in [7, 11) is 0. The van der Waals surface area contributed by atoms with Crippen LogP contribution in [0.3, 0.4) is 0 Å². The van der Waals surface area contributed by atoms with Crippen LogP contribution < -0.4 is 5.32 Å². The number of rotatable bonds is 3. The van der Waals surface area contributed by atoms with Gasteiger partial charge in [-0.15, -0.1) is 0 Å². The molecule has 2 saturated carbocycles. The first kappa shape index (κ1) is 9.75. The first-order valence-electron chi connectivity index (χ1n) is 5.62. The van der Waals surface area contributed by atoms with Crippen molar-refractivity contribution in [1.82, 2.24) is 5.32 Å². The Morgan fingerprint density at radius 2 is 2.43 bits per heavy atom. The van der Waals surface area contributed by atoms with Crippen LogP contribution in [-0.2, 0) is 4.79 Å². The molecule has 0 spiro atoms. The molecule has 0 heterocycles. The number of amides is 1. The average Bonchev–Trinajstić information content (AvgIpc) is 2.93.